The average Bonchev–Trinajstić information content (AvgIpc) is 2.80. The SMILES string of the molecule is CNC(c1c(OC)cccc1OC)C1CCS(=O)(=O)C1. The van der Waals surface area contributed by atoms with Crippen molar-refractivity contribution in [2.75, 3.05) is 32.8 Å². The van der Waals surface area contributed by atoms with E-state index in [-0.39, 0.29) is 23.5 Å². The van der Waals surface area contributed by atoms with Crippen molar-refractivity contribution in [3.05, 3.63) is 23.8 Å². The maximum absolute atomic E-state index is 11.7. The second-order valence-corrected chi connectivity index (χ2v) is 7.23. The first-order chi connectivity index (χ1) is 9.52. The maximum Gasteiger partial charge on any atom is 0.150 e. The summed E-state index contributed by atoms with van der Waals surface area (Å²) in [7, 11) is 2.13. The van der Waals surface area contributed by atoms with Gasteiger partial charge in [0.1, 0.15) is 11.5 Å². The van der Waals surface area contributed by atoms with Gasteiger partial charge in [0.15, 0.2) is 9.84 Å². The Morgan fingerprint density at radius 3 is 2.25 bits per heavy atom. The molecule has 0 spiro atoms. The standard InChI is InChI=1S/C14H21NO4S/c1-15-14(10-7-8-20(16,17)9-10)13-11(18-2)5-4-6-12(13)19-3/h4-6,10,14-15H,7-9H2,1-3H3. The highest BCUT2D eigenvalue weighted by Crippen LogP contribution is 2.40. The van der Waals surface area contributed by atoms with Crippen LogP contribution in [0.25, 0.3) is 0 Å². The van der Waals surface area contributed by atoms with Crippen LogP contribution >= 0.6 is 0 Å². The molecule has 0 aliphatic carbocycles. The number of ether oxygens (including phenoxy) is 2. The van der Waals surface area contributed by atoms with Crippen molar-refractivity contribution in [1.29, 1.82) is 0 Å². The maximum atomic E-state index is 11.7. The molecule has 1 aliphatic rings. The Morgan fingerprint density at radius 1 is 1.25 bits per heavy atom. The van der Waals surface area contributed by atoms with Crippen molar-refractivity contribution in [3.63, 3.8) is 0 Å². The summed E-state index contributed by atoms with van der Waals surface area (Å²) < 4.78 is 34.2. The molecule has 0 radical (unpaired) electrons. The van der Waals surface area contributed by atoms with Crippen molar-refractivity contribution >= 4 is 9.84 Å². The Bertz CT molecular complexity index is 548. The monoisotopic (exact) mass is 299 g/mol. The number of hydrogen-bond donors (Lipinski definition) is 1. The zero-order valence-electron chi connectivity index (χ0n) is 12.0. The molecule has 0 saturated carbocycles. The van der Waals surface area contributed by atoms with Crippen LogP contribution in [0.15, 0.2) is 18.2 Å². The molecule has 1 N–H and O–H groups in total. The molecule has 1 aromatic carbocycles. The Balaban J connectivity index is 2.41. The molecule has 1 aromatic rings. The molecule has 0 amide bonds. The average molecular weight is 299 g/mol. The van der Waals surface area contributed by atoms with Crippen LogP contribution in [0.4, 0.5) is 0 Å². The van der Waals surface area contributed by atoms with Crippen LogP contribution < -0.4 is 14.8 Å². The lowest BCUT2D eigenvalue weighted by Gasteiger charge is -2.26. The fourth-order valence-corrected chi connectivity index (χ4v) is 4.73. The van der Waals surface area contributed by atoms with Crippen molar-refractivity contribution < 1.29 is 17.9 Å². The van der Waals surface area contributed by atoms with Gasteiger partial charge in [-0.05, 0) is 31.5 Å². The largest absolute Gasteiger partial charge is 0.496 e. The van der Waals surface area contributed by atoms with E-state index in [4.69, 9.17) is 9.47 Å². The van der Waals surface area contributed by atoms with Gasteiger partial charge < -0.3 is 14.8 Å². The second kappa shape index (κ2) is 6.01. The van der Waals surface area contributed by atoms with Crippen molar-refractivity contribution in [1.82, 2.24) is 5.32 Å². The zero-order valence-corrected chi connectivity index (χ0v) is 12.9. The number of methoxy groups -OCH3 is 2. The lowest BCUT2D eigenvalue weighted by Crippen LogP contribution is -2.27. The van der Waals surface area contributed by atoms with E-state index in [2.05, 4.69) is 5.32 Å². The van der Waals surface area contributed by atoms with E-state index < -0.39 is 9.84 Å². The van der Waals surface area contributed by atoms with Gasteiger partial charge in [0.05, 0.1) is 31.3 Å². The quantitative estimate of drug-likeness (QED) is 0.890. The van der Waals surface area contributed by atoms with Gasteiger partial charge in [0.2, 0.25) is 0 Å². The number of nitrogens with one attached hydrogen (secondary N) is 1. The smallest absolute Gasteiger partial charge is 0.150 e. The van der Waals surface area contributed by atoms with Crippen LogP contribution in [0, 0.1) is 5.92 Å². The molecule has 0 aromatic heterocycles. The normalized spacial score (nSPS) is 22.4. The summed E-state index contributed by atoms with van der Waals surface area (Å²) in [5, 5.41) is 3.22. The minimum absolute atomic E-state index is 0.0372. The van der Waals surface area contributed by atoms with Gasteiger partial charge in [-0.1, -0.05) is 6.07 Å². The summed E-state index contributed by atoms with van der Waals surface area (Å²) in [4.78, 5) is 0. The summed E-state index contributed by atoms with van der Waals surface area (Å²) >= 11 is 0. The third-order valence-corrected chi connectivity index (χ3v) is 5.62. The van der Waals surface area contributed by atoms with Crippen LogP contribution in [0.2, 0.25) is 0 Å². The molecule has 20 heavy (non-hydrogen) atoms. The molecule has 5 nitrogen and oxygen atoms in total. The second-order valence-electron chi connectivity index (χ2n) is 5.01. The summed E-state index contributed by atoms with van der Waals surface area (Å²) in [6.45, 7) is 0. The Kier molecular flexibility index (Phi) is 4.55. The predicted molar refractivity (Wildman–Crippen MR) is 78.1 cm³/mol. The molecule has 1 aliphatic heterocycles. The first kappa shape index (κ1) is 15.1. The minimum Gasteiger partial charge on any atom is -0.496 e. The minimum atomic E-state index is -2.92. The number of sulfone groups is 1. The molecule has 1 heterocycles. The predicted octanol–water partition coefficient (Wildman–Crippen LogP) is 1.40. The van der Waals surface area contributed by atoms with Gasteiger partial charge in [0, 0.05) is 6.04 Å². The van der Waals surface area contributed by atoms with Crippen LogP contribution in [-0.4, -0.2) is 41.2 Å². The van der Waals surface area contributed by atoms with E-state index in [0.29, 0.717) is 17.9 Å². The fraction of sp³-hybridized carbons (Fsp3) is 0.571. The molecule has 0 bridgehead atoms. The van der Waals surface area contributed by atoms with E-state index in [1.54, 1.807) is 14.2 Å². The lowest BCUT2D eigenvalue weighted by atomic mass is 9.91. The van der Waals surface area contributed by atoms with Gasteiger partial charge in [-0.25, -0.2) is 8.42 Å². The lowest BCUT2D eigenvalue weighted by molar-refractivity contribution is 0.346. The van der Waals surface area contributed by atoms with Crippen molar-refractivity contribution in [3.8, 4) is 11.5 Å². The molecule has 112 valence electrons. The Labute approximate surface area is 120 Å². The van der Waals surface area contributed by atoms with Crippen molar-refractivity contribution in [2.45, 2.75) is 12.5 Å². The van der Waals surface area contributed by atoms with Crippen LogP contribution in [0.1, 0.15) is 18.0 Å². The molecule has 2 unspecified atom stereocenters. The zero-order chi connectivity index (χ0) is 14.8. The summed E-state index contributed by atoms with van der Waals surface area (Å²) in [6, 6.07) is 5.50. The Hall–Kier alpha value is -1.27. The van der Waals surface area contributed by atoms with E-state index in [9.17, 15) is 8.42 Å². The van der Waals surface area contributed by atoms with Crippen LogP contribution in [0.5, 0.6) is 11.5 Å². The fourth-order valence-electron chi connectivity index (χ4n) is 2.89. The summed E-state index contributed by atoms with van der Waals surface area (Å²) in [5.74, 6) is 1.93. The molecule has 1 saturated heterocycles. The highest BCUT2D eigenvalue weighted by atomic mass is 32.2. The van der Waals surface area contributed by atoms with Crippen LogP contribution in [0.3, 0.4) is 0 Å². The topological polar surface area (TPSA) is 64.6 Å². The highest BCUT2D eigenvalue weighted by Gasteiger charge is 2.36. The third-order valence-electron chi connectivity index (χ3n) is 3.83. The summed E-state index contributed by atoms with van der Waals surface area (Å²) in [5.41, 5.74) is 0.891. The van der Waals surface area contributed by atoms with Gasteiger partial charge in [0.25, 0.3) is 0 Å². The van der Waals surface area contributed by atoms with Gasteiger partial charge in [-0.2, -0.15) is 0 Å². The molecule has 2 rings (SSSR count). The first-order valence-corrected chi connectivity index (χ1v) is 8.43. The van der Waals surface area contributed by atoms with Gasteiger partial charge >= 0.3 is 0 Å². The third kappa shape index (κ3) is 2.91. The highest BCUT2D eigenvalue weighted by molar-refractivity contribution is 7.91. The number of rotatable bonds is 5. The van der Waals surface area contributed by atoms with Gasteiger partial charge in [-0.3, -0.25) is 0 Å². The van der Waals surface area contributed by atoms with Gasteiger partial charge in [-0.15, -0.1) is 0 Å². The molecule has 1 fully saturated rings. The molecular weight excluding hydrogens is 278 g/mol. The molecular formula is C14H21NO4S. The van der Waals surface area contributed by atoms with Crippen LogP contribution in [-0.2, 0) is 9.84 Å². The summed E-state index contributed by atoms with van der Waals surface area (Å²) in [6.07, 6.45) is 0.662. The van der Waals surface area contributed by atoms with E-state index in [0.717, 1.165) is 5.56 Å². The van der Waals surface area contributed by atoms with E-state index in [1.165, 1.54) is 0 Å². The van der Waals surface area contributed by atoms with E-state index in [1.807, 2.05) is 25.2 Å². The van der Waals surface area contributed by atoms with E-state index >= 15 is 0 Å². The molecule has 2 atom stereocenters. The first-order valence-electron chi connectivity index (χ1n) is 6.61. The number of hydrogen-bond acceptors (Lipinski definition) is 5. The number of benzene rings is 1. The van der Waals surface area contributed by atoms with Crippen molar-refractivity contribution in [2.24, 2.45) is 5.92 Å². The Morgan fingerprint density at radius 2 is 1.85 bits per heavy atom. The molecule has 6 heteroatoms.